The van der Waals surface area contributed by atoms with E-state index >= 15 is 0 Å². The lowest BCUT2D eigenvalue weighted by Gasteiger charge is -2.56. The number of rotatable bonds is 3. The van der Waals surface area contributed by atoms with Gasteiger partial charge in [-0.05, 0) is 38.8 Å². The highest BCUT2D eigenvalue weighted by Crippen LogP contribution is 2.51. The molecule has 1 aromatic carbocycles. The first-order valence-corrected chi connectivity index (χ1v) is 8.90. The summed E-state index contributed by atoms with van der Waals surface area (Å²) in [6.45, 7) is 6.65. The van der Waals surface area contributed by atoms with E-state index < -0.39 is 0 Å². The summed E-state index contributed by atoms with van der Waals surface area (Å²) in [7, 11) is 0. The Hall–Kier alpha value is -1.72. The predicted octanol–water partition coefficient (Wildman–Crippen LogP) is 2.69. The standard InChI is InChI=1S/C19H25N3O2/c1-3-24-17-11-16(23)19(17)6-8-22(9-7-19)18-14-10-13(2)4-5-15(14)20-12-21-18/h4-5,10,12,16-17,23H,3,6-9,11H2,1-2H3. The number of piperidine rings is 1. The molecule has 0 bridgehead atoms. The van der Waals surface area contributed by atoms with Gasteiger partial charge < -0.3 is 14.7 Å². The van der Waals surface area contributed by atoms with E-state index in [4.69, 9.17) is 4.74 Å². The highest BCUT2D eigenvalue weighted by molar-refractivity contribution is 5.89. The maximum Gasteiger partial charge on any atom is 0.139 e. The summed E-state index contributed by atoms with van der Waals surface area (Å²) in [5.74, 6) is 1.01. The minimum atomic E-state index is -0.222. The maximum absolute atomic E-state index is 10.4. The number of ether oxygens (including phenoxy) is 1. The van der Waals surface area contributed by atoms with E-state index in [1.165, 1.54) is 5.56 Å². The first-order valence-electron chi connectivity index (χ1n) is 8.90. The largest absolute Gasteiger partial charge is 0.392 e. The Kier molecular flexibility index (Phi) is 3.93. The van der Waals surface area contributed by atoms with Crippen LogP contribution in [0.5, 0.6) is 0 Å². The zero-order valence-corrected chi connectivity index (χ0v) is 14.4. The molecular weight excluding hydrogens is 302 g/mol. The Balaban J connectivity index is 1.57. The molecule has 24 heavy (non-hydrogen) atoms. The molecule has 1 spiro atoms. The zero-order valence-electron chi connectivity index (χ0n) is 14.4. The Morgan fingerprint density at radius 2 is 2.08 bits per heavy atom. The van der Waals surface area contributed by atoms with Crippen LogP contribution in [0.2, 0.25) is 0 Å². The van der Waals surface area contributed by atoms with Crippen LogP contribution in [-0.4, -0.2) is 47.0 Å². The smallest absolute Gasteiger partial charge is 0.139 e. The molecule has 2 aromatic rings. The Morgan fingerprint density at radius 3 is 2.79 bits per heavy atom. The van der Waals surface area contributed by atoms with Crippen LogP contribution in [0.15, 0.2) is 24.5 Å². The van der Waals surface area contributed by atoms with E-state index in [0.29, 0.717) is 0 Å². The van der Waals surface area contributed by atoms with Crippen molar-refractivity contribution in [2.45, 2.75) is 45.3 Å². The van der Waals surface area contributed by atoms with Crippen LogP contribution >= 0.6 is 0 Å². The van der Waals surface area contributed by atoms with Crippen molar-refractivity contribution in [3.05, 3.63) is 30.1 Å². The second-order valence-corrected chi connectivity index (χ2v) is 7.13. The van der Waals surface area contributed by atoms with Crippen molar-refractivity contribution in [2.75, 3.05) is 24.6 Å². The van der Waals surface area contributed by atoms with E-state index in [1.807, 2.05) is 6.92 Å². The van der Waals surface area contributed by atoms with Crippen molar-refractivity contribution in [1.82, 2.24) is 9.97 Å². The normalized spacial score (nSPS) is 25.9. The van der Waals surface area contributed by atoms with Crippen LogP contribution in [0, 0.1) is 12.3 Å². The lowest BCUT2D eigenvalue weighted by Crippen LogP contribution is -2.62. The Bertz CT molecular complexity index is 738. The molecule has 2 unspecified atom stereocenters. The van der Waals surface area contributed by atoms with Gasteiger partial charge in [-0.2, -0.15) is 0 Å². The highest BCUT2D eigenvalue weighted by atomic mass is 16.5. The number of aromatic nitrogens is 2. The SMILES string of the molecule is CCOC1CC(O)C12CCN(c1ncnc3ccc(C)cc13)CC2. The Morgan fingerprint density at radius 1 is 1.29 bits per heavy atom. The van der Waals surface area contributed by atoms with E-state index in [0.717, 1.165) is 55.7 Å². The molecule has 5 heteroatoms. The summed E-state index contributed by atoms with van der Waals surface area (Å²) < 4.78 is 5.86. The molecule has 5 nitrogen and oxygen atoms in total. The predicted molar refractivity (Wildman–Crippen MR) is 94.2 cm³/mol. The number of nitrogens with zero attached hydrogens (tertiary/aromatic N) is 3. The molecule has 4 rings (SSSR count). The lowest BCUT2D eigenvalue weighted by molar-refractivity contribution is -0.199. The maximum atomic E-state index is 10.4. The van der Waals surface area contributed by atoms with Crippen molar-refractivity contribution in [2.24, 2.45) is 5.41 Å². The molecule has 1 saturated heterocycles. The van der Waals surface area contributed by atoms with Gasteiger partial charge in [-0.25, -0.2) is 9.97 Å². The number of hydrogen-bond donors (Lipinski definition) is 1. The number of benzene rings is 1. The number of anilines is 1. The van der Waals surface area contributed by atoms with E-state index in [2.05, 4.69) is 40.0 Å². The molecule has 1 aliphatic carbocycles. The molecule has 128 valence electrons. The molecule has 2 heterocycles. The summed E-state index contributed by atoms with van der Waals surface area (Å²) in [5, 5.41) is 11.5. The second-order valence-electron chi connectivity index (χ2n) is 7.13. The number of aryl methyl sites for hydroxylation is 1. The van der Waals surface area contributed by atoms with Gasteiger partial charge in [0.15, 0.2) is 0 Å². The molecule has 0 radical (unpaired) electrons. The van der Waals surface area contributed by atoms with Gasteiger partial charge >= 0.3 is 0 Å². The number of hydrogen-bond acceptors (Lipinski definition) is 5. The zero-order chi connectivity index (χ0) is 16.7. The third-order valence-electron chi connectivity index (χ3n) is 5.87. The molecular formula is C19H25N3O2. The fourth-order valence-electron chi connectivity index (χ4n) is 4.36. The molecule has 1 aromatic heterocycles. The summed E-state index contributed by atoms with van der Waals surface area (Å²) >= 11 is 0. The average Bonchev–Trinajstić information content (AvgIpc) is 2.61. The van der Waals surface area contributed by atoms with Gasteiger partial charge in [0.1, 0.15) is 12.1 Å². The van der Waals surface area contributed by atoms with E-state index in [9.17, 15) is 5.11 Å². The van der Waals surface area contributed by atoms with Crippen molar-refractivity contribution >= 4 is 16.7 Å². The van der Waals surface area contributed by atoms with Crippen molar-refractivity contribution < 1.29 is 9.84 Å². The molecule has 0 amide bonds. The topological polar surface area (TPSA) is 58.5 Å². The van der Waals surface area contributed by atoms with Crippen molar-refractivity contribution in [3.8, 4) is 0 Å². The molecule has 2 atom stereocenters. The monoisotopic (exact) mass is 327 g/mol. The van der Waals surface area contributed by atoms with Gasteiger partial charge in [0, 0.05) is 36.9 Å². The van der Waals surface area contributed by atoms with Gasteiger partial charge in [0.2, 0.25) is 0 Å². The van der Waals surface area contributed by atoms with Crippen LogP contribution in [0.4, 0.5) is 5.82 Å². The molecule has 1 N–H and O–H groups in total. The van der Waals surface area contributed by atoms with Crippen LogP contribution in [0.25, 0.3) is 10.9 Å². The molecule has 2 fully saturated rings. The van der Waals surface area contributed by atoms with Crippen molar-refractivity contribution in [3.63, 3.8) is 0 Å². The highest BCUT2D eigenvalue weighted by Gasteiger charge is 2.56. The first-order chi connectivity index (χ1) is 11.6. The summed E-state index contributed by atoms with van der Waals surface area (Å²) in [4.78, 5) is 11.3. The summed E-state index contributed by atoms with van der Waals surface area (Å²) in [6.07, 6.45) is 4.33. The second kappa shape index (κ2) is 5.97. The van der Waals surface area contributed by atoms with Crippen LogP contribution in [0.1, 0.15) is 31.7 Å². The first kappa shape index (κ1) is 15.8. The minimum absolute atomic E-state index is 0.0503. The third-order valence-corrected chi connectivity index (χ3v) is 5.87. The number of aliphatic hydroxyl groups is 1. The summed E-state index contributed by atoms with van der Waals surface area (Å²) in [5.41, 5.74) is 2.16. The van der Waals surface area contributed by atoms with Crippen LogP contribution in [-0.2, 0) is 4.74 Å². The van der Waals surface area contributed by atoms with Gasteiger partial charge in [-0.3, -0.25) is 0 Å². The van der Waals surface area contributed by atoms with E-state index in [1.54, 1.807) is 6.33 Å². The van der Waals surface area contributed by atoms with Crippen LogP contribution < -0.4 is 4.90 Å². The Labute approximate surface area is 142 Å². The number of fused-ring (bicyclic) bond motifs is 1. The fraction of sp³-hybridized carbons (Fsp3) is 0.579. The number of aliphatic hydroxyl groups excluding tert-OH is 1. The minimum Gasteiger partial charge on any atom is -0.392 e. The van der Waals surface area contributed by atoms with E-state index in [-0.39, 0.29) is 17.6 Å². The van der Waals surface area contributed by atoms with Gasteiger partial charge in [0.25, 0.3) is 0 Å². The lowest BCUT2D eigenvalue weighted by atomic mass is 9.58. The molecule has 1 aliphatic heterocycles. The van der Waals surface area contributed by atoms with Crippen molar-refractivity contribution in [1.29, 1.82) is 0 Å². The average molecular weight is 327 g/mol. The quantitative estimate of drug-likeness (QED) is 0.939. The van der Waals surface area contributed by atoms with Gasteiger partial charge in [-0.1, -0.05) is 11.6 Å². The van der Waals surface area contributed by atoms with Gasteiger partial charge in [0.05, 0.1) is 17.7 Å². The molecule has 1 saturated carbocycles. The van der Waals surface area contributed by atoms with Crippen LogP contribution in [0.3, 0.4) is 0 Å². The summed E-state index contributed by atoms with van der Waals surface area (Å²) in [6, 6.07) is 6.31. The molecule has 2 aliphatic rings. The fourth-order valence-corrected chi connectivity index (χ4v) is 4.36. The van der Waals surface area contributed by atoms with Gasteiger partial charge in [-0.15, -0.1) is 0 Å². The third kappa shape index (κ3) is 2.38.